The van der Waals surface area contributed by atoms with Crippen LogP contribution in [-0.4, -0.2) is 44.0 Å². The van der Waals surface area contributed by atoms with Crippen molar-refractivity contribution in [2.24, 2.45) is 0 Å². The largest absolute Gasteiger partial charge is 0.495 e. The highest BCUT2D eigenvalue weighted by atomic mass is 32.2. The first-order valence-corrected chi connectivity index (χ1v) is 7.59. The van der Waals surface area contributed by atoms with Crippen molar-refractivity contribution in [2.75, 3.05) is 14.2 Å². The number of sulfonamides is 1. The predicted molar refractivity (Wildman–Crippen MR) is 74.7 cm³/mol. The fourth-order valence-corrected chi connectivity index (χ4v) is 3.23. The van der Waals surface area contributed by atoms with E-state index in [0.717, 1.165) is 0 Å². The Morgan fingerprint density at radius 1 is 1.45 bits per heavy atom. The Kier molecular flexibility index (Phi) is 5.13. The van der Waals surface area contributed by atoms with E-state index in [4.69, 9.17) is 9.84 Å². The molecule has 6 nitrogen and oxygen atoms in total. The summed E-state index contributed by atoms with van der Waals surface area (Å²) in [6.45, 7) is 3.69. The summed E-state index contributed by atoms with van der Waals surface area (Å²) in [6.07, 6.45) is 0.672. The molecule has 1 aromatic rings. The topological polar surface area (TPSA) is 83.9 Å². The van der Waals surface area contributed by atoms with Gasteiger partial charge in [-0.25, -0.2) is 13.2 Å². The third-order valence-electron chi connectivity index (χ3n) is 3.28. The van der Waals surface area contributed by atoms with Crippen LogP contribution in [0.4, 0.5) is 0 Å². The SMILES string of the molecule is CCC(C)N(C)S(=O)(=O)c1ccc(C(=O)O)cc1OC. The molecular formula is C13H19NO5S. The molecule has 0 radical (unpaired) electrons. The van der Waals surface area contributed by atoms with Gasteiger partial charge in [0.2, 0.25) is 10.0 Å². The molecule has 0 saturated heterocycles. The summed E-state index contributed by atoms with van der Waals surface area (Å²) in [5.41, 5.74) is -0.0213. The summed E-state index contributed by atoms with van der Waals surface area (Å²) in [5.74, 6) is -1.11. The Labute approximate surface area is 119 Å². The van der Waals surface area contributed by atoms with Gasteiger partial charge in [0, 0.05) is 13.1 Å². The minimum Gasteiger partial charge on any atom is -0.495 e. The number of rotatable bonds is 6. The molecule has 0 aliphatic carbocycles. The summed E-state index contributed by atoms with van der Waals surface area (Å²) in [7, 11) is -0.917. The van der Waals surface area contributed by atoms with Gasteiger partial charge in [-0.2, -0.15) is 4.31 Å². The van der Waals surface area contributed by atoms with Gasteiger partial charge in [0.25, 0.3) is 0 Å². The normalized spacial score (nSPS) is 13.2. The number of nitrogens with zero attached hydrogens (tertiary/aromatic N) is 1. The van der Waals surface area contributed by atoms with E-state index >= 15 is 0 Å². The summed E-state index contributed by atoms with van der Waals surface area (Å²) < 4.78 is 31.3. The number of carboxylic acids is 1. The maximum atomic E-state index is 12.5. The number of carboxylic acid groups (broad SMARTS) is 1. The van der Waals surface area contributed by atoms with Gasteiger partial charge in [-0.05, 0) is 31.5 Å². The zero-order valence-electron chi connectivity index (χ0n) is 12.0. The lowest BCUT2D eigenvalue weighted by molar-refractivity contribution is 0.0696. The highest BCUT2D eigenvalue weighted by Crippen LogP contribution is 2.28. The summed E-state index contributed by atoms with van der Waals surface area (Å²) in [4.78, 5) is 10.9. The second-order valence-electron chi connectivity index (χ2n) is 4.45. The molecule has 1 N–H and O–H groups in total. The van der Waals surface area contributed by atoms with Crippen LogP contribution in [0.3, 0.4) is 0 Å². The van der Waals surface area contributed by atoms with Crippen LogP contribution in [0.2, 0.25) is 0 Å². The standard InChI is InChI=1S/C13H19NO5S/c1-5-9(2)14(3)20(17,18)12-7-6-10(13(15)16)8-11(12)19-4/h6-9H,5H2,1-4H3,(H,15,16). The maximum Gasteiger partial charge on any atom is 0.335 e. The first kappa shape index (κ1) is 16.5. The Hall–Kier alpha value is -1.60. The van der Waals surface area contributed by atoms with Crippen molar-refractivity contribution in [3.8, 4) is 5.75 Å². The third-order valence-corrected chi connectivity index (χ3v) is 5.29. The molecule has 0 aliphatic rings. The molecule has 1 atom stereocenters. The third kappa shape index (κ3) is 3.10. The van der Waals surface area contributed by atoms with Crippen LogP contribution in [-0.2, 0) is 10.0 Å². The van der Waals surface area contributed by atoms with E-state index in [0.29, 0.717) is 6.42 Å². The number of methoxy groups -OCH3 is 1. The maximum absolute atomic E-state index is 12.5. The number of aromatic carboxylic acids is 1. The molecule has 1 unspecified atom stereocenters. The second-order valence-corrected chi connectivity index (χ2v) is 6.42. The van der Waals surface area contributed by atoms with Crippen molar-refractivity contribution in [1.29, 1.82) is 0 Å². The molecule has 7 heteroatoms. The van der Waals surface area contributed by atoms with Crippen molar-refractivity contribution in [3.05, 3.63) is 23.8 Å². The zero-order chi connectivity index (χ0) is 15.5. The van der Waals surface area contributed by atoms with E-state index in [9.17, 15) is 13.2 Å². The Balaban J connectivity index is 3.35. The zero-order valence-corrected chi connectivity index (χ0v) is 12.8. The van der Waals surface area contributed by atoms with E-state index in [-0.39, 0.29) is 22.3 Å². The lowest BCUT2D eigenvalue weighted by Gasteiger charge is -2.24. The first-order valence-electron chi connectivity index (χ1n) is 6.15. The molecular weight excluding hydrogens is 282 g/mol. The minimum atomic E-state index is -3.72. The first-order chi connectivity index (χ1) is 9.25. The Bertz CT molecular complexity index is 597. The van der Waals surface area contributed by atoms with Gasteiger partial charge >= 0.3 is 5.97 Å². The molecule has 0 aromatic heterocycles. The van der Waals surface area contributed by atoms with Crippen LogP contribution in [0.1, 0.15) is 30.6 Å². The van der Waals surface area contributed by atoms with E-state index in [2.05, 4.69) is 0 Å². The Morgan fingerprint density at radius 3 is 2.50 bits per heavy atom. The molecule has 0 spiro atoms. The average Bonchev–Trinajstić information content (AvgIpc) is 2.44. The molecule has 0 aliphatic heterocycles. The van der Waals surface area contributed by atoms with Crippen LogP contribution < -0.4 is 4.74 Å². The number of hydrogen-bond acceptors (Lipinski definition) is 4. The monoisotopic (exact) mass is 301 g/mol. The van der Waals surface area contributed by atoms with Crippen LogP contribution in [0.25, 0.3) is 0 Å². The summed E-state index contributed by atoms with van der Waals surface area (Å²) in [5, 5.41) is 8.92. The number of carbonyl (C=O) groups is 1. The molecule has 1 rings (SSSR count). The molecule has 0 bridgehead atoms. The van der Waals surface area contributed by atoms with Gasteiger partial charge in [-0.3, -0.25) is 0 Å². The quantitative estimate of drug-likeness (QED) is 0.866. The fourth-order valence-electron chi connectivity index (χ4n) is 1.66. The molecule has 0 saturated carbocycles. The Morgan fingerprint density at radius 2 is 2.05 bits per heavy atom. The molecule has 0 amide bonds. The fraction of sp³-hybridized carbons (Fsp3) is 0.462. The molecule has 1 aromatic carbocycles. The number of benzene rings is 1. The van der Waals surface area contributed by atoms with E-state index in [1.165, 1.54) is 36.7 Å². The molecule has 0 fully saturated rings. The van der Waals surface area contributed by atoms with E-state index in [1.54, 1.807) is 6.92 Å². The van der Waals surface area contributed by atoms with Crippen molar-refractivity contribution in [1.82, 2.24) is 4.31 Å². The highest BCUT2D eigenvalue weighted by molar-refractivity contribution is 7.89. The van der Waals surface area contributed by atoms with Crippen LogP contribution in [0.15, 0.2) is 23.1 Å². The van der Waals surface area contributed by atoms with Gasteiger partial charge < -0.3 is 9.84 Å². The smallest absolute Gasteiger partial charge is 0.335 e. The van der Waals surface area contributed by atoms with Gasteiger partial charge in [0.1, 0.15) is 10.6 Å². The van der Waals surface area contributed by atoms with Crippen LogP contribution in [0.5, 0.6) is 5.75 Å². The lowest BCUT2D eigenvalue weighted by atomic mass is 10.2. The molecule has 0 heterocycles. The molecule has 20 heavy (non-hydrogen) atoms. The van der Waals surface area contributed by atoms with Gasteiger partial charge in [0.15, 0.2) is 0 Å². The lowest BCUT2D eigenvalue weighted by Crippen LogP contribution is -2.34. The van der Waals surface area contributed by atoms with Crippen molar-refractivity contribution < 1.29 is 23.1 Å². The van der Waals surface area contributed by atoms with E-state index < -0.39 is 16.0 Å². The van der Waals surface area contributed by atoms with Gasteiger partial charge in [0.05, 0.1) is 12.7 Å². The van der Waals surface area contributed by atoms with Crippen molar-refractivity contribution in [2.45, 2.75) is 31.2 Å². The highest BCUT2D eigenvalue weighted by Gasteiger charge is 2.28. The van der Waals surface area contributed by atoms with Crippen molar-refractivity contribution >= 4 is 16.0 Å². The second kappa shape index (κ2) is 6.23. The molecule has 112 valence electrons. The van der Waals surface area contributed by atoms with Gasteiger partial charge in [-0.1, -0.05) is 6.92 Å². The number of ether oxygens (including phenoxy) is 1. The average molecular weight is 301 g/mol. The van der Waals surface area contributed by atoms with E-state index in [1.807, 2.05) is 6.92 Å². The van der Waals surface area contributed by atoms with Gasteiger partial charge in [-0.15, -0.1) is 0 Å². The van der Waals surface area contributed by atoms with Crippen molar-refractivity contribution in [3.63, 3.8) is 0 Å². The minimum absolute atomic E-state index is 0.0213. The van der Waals surface area contributed by atoms with Crippen LogP contribution in [0, 0.1) is 0 Å². The van der Waals surface area contributed by atoms with Crippen LogP contribution >= 0.6 is 0 Å². The summed E-state index contributed by atoms with van der Waals surface area (Å²) >= 11 is 0. The number of hydrogen-bond donors (Lipinski definition) is 1. The summed E-state index contributed by atoms with van der Waals surface area (Å²) in [6, 6.07) is 3.56. The predicted octanol–water partition coefficient (Wildman–Crippen LogP) is 1.81.